The van der Waals surface area contributed by atoms with Crippen molar-refractivity contribution in [3.05, 3.63) is 18.0 Å². The molecule has 0 aliphatic carbocycles. The van der Waals surface area contributed by atoms with E-state index >= 15 is 0 Å². The van der Waals surface area contributed by atoms with Gasteiger partial charge in [0.1, 0.15) is 4.90 Å². The summed E-state index contributed by atoms with van der Waals surface area (Å²) in [6.07, 6.45) is 3.24. The van der Waals surface area contributed by atoms with Gasteiger partial charge in [0.15, 0.2) is 5.65 Å². The third kappa shape index (κ3) is 3.97. The Labute approximate surface area is 155 Å². The van der Waals surface area contributed by atoms with Gasteiger partial charge in [0.25, 0.3) is 0 Å². The van der Waals surface area contributed by atoms with Crippen molar-refractivity contribution in [1.82, 2.24) is 24.4 Å². The zero-order chi connectivity index (χ0) is 17.3. The van der Waals surface area contributed by atoms with Crippen LogP contribution in [0.5, 0.6) is 0 Å². The topological polar surface area (TPSA) is 80.1 Å². The molecule has 2 aromatic rings. The van der Waals surface area contributed by atoms with Gasteiger partial charge >= 0.3 is 0 Å². The van der Waals surface area contributed by atoms with Crippen molar-refractivity contribution in [3.8, 4) is 0 Å². The van der Waals surface area contributed by atoms with Crippen LogP contribution in [0.3, 0.4) is 0 Å². The molecule has 1 saturated heterocycles. The first-order valence-corrected chi connectivity index (χ1v) is 9.87. The molecule has 0 unspecified atom stereocenters. The Bertz CT molecular complexity index is 828. The molecule has 0 aromatic carbocycles. The molecule has 7 nitrogen and oxygen atoms in total. The predicted octanol–water partition coefficient (Wildman–Crippen LogP) is 1.71. The molecule has 1 aliphatic rings. The summed E-state index contributed by atoms with van der Waals surface area (Å²) >= 11 is 0. The van der Waals surface area contributed by atoms with Gasteiger partial charge in [0.2, 0.25) is 10.0 Å². The molecule has 0 spiro atoms. The molecule has 0 bridgehead atoms. The number of sulfonamides is 1. The molecule has 3 heterocycles. The highest BCUT2D eigenvalue weighted by molar-refractivity contribution is 7.89. The van der Waals surface area contributed by atoms with E-state index in [2.05, 4.69) is 22.3 Å². The van der Waals surface area contributed by atoms with Crippen LogP contribution < -0.4 is 5.32 Å². The minimum Gasteiger partial charge on any atom is -0.317 e. The van der Waals surface area contributed by atoms with Gasteiger partial charge in [0, 0.05) is 31.7 Å². The van der Waals surface area contributed by atoms with Gasteiger partial charge in [-0.05, 0) is 44.8 Å². The molecular formula is C16H26ClN5O2S. The first kappa shape index (κ1) is 20.1. The maximum atomic E-state index is 12.9. The van der Waals surface area contributed by atoms with Crippen LogP contribution in [0.2, 0.25) is 0 Å². The lowest BCUT2D eigenvalue weighted by molar-refractivity contribution is 0.268. The molecule has 1 N–H and O–H groups in total. The van der Waals surface area contributed by atoms with Crippen LogP contribution in [-0.2, 0) is 17.1 Å². The van der Waals surface area contributed by atoms with Crippen molar-refractivity contribution < 1.29 is 8.42 Å². The summed E-state index contributed by atoms with van der Waals surface area (Å²) < 4.78 is 29.1. The van der Waals surface area contributed by atoms with Crippen molar-refractivity contribution in [2.75, 3.05) is 26.2 Å². The van der Waals surface area contributed by atoms with E-state index in [1.807, 2.05) is 14.0 Å². The number of hydrogen-bond donors (Lipinski definition) is 1. The summed E-state index contributed by atoms with van der Waals surface area (Å²) in [5, 5.41) is 8.44. The third-order valence-corrected chi connectivity index (χ3v) is 6.60. The number of rotatable bonds is 5. The number of aromatic nitrogens is 3. The molecule has 0 amide bonds. The highest BCUT2D eigenvalue weighted by atomic mass is 35.5. The molecule has 0 saturated carbocycles. The smallest absolute Gasteiger partial charge is 0.244 e. The first-order valence-electron chi connectivity index (χ1n) is 8.43. The minimum absolute atomic E-state index is 0. The molecule has 140 valence electrons. The lowest BCUT2D eigenvalue weighted by Crippen LogP contribution is -2.40. The van der Waals surface area contributed by atoms with Crippen molar-refractivity contribution in [2.24, 2.45) is 13.0 Å². The van der Waals surface area contributed by atoms with E-state index in [1.54, 1.807) is 15.1 Å². The highest BCUT2D eigenvalue weighted by Gasteiger charge is 2.30. The molecule has 1 fully saturated rings. The van der Waals surface area contributed by atoms with Crippen LogP contribution >= 0.6 is 12.4 Å². The third-order valence-electron chi connectivity index (χ3n) is 4.73. The fourth-order valence-corrected chi connectivity index (χ4v) is 4.72. The van der Waals surface area contributed by atoms with E-state index in [1.165, 1.54) is 6.20 Å². The largest absolute Gasteiger partial charge is 0.317 e. The maximum Gasteiger partial charge on any atom is 0.244 e. The zero-order valence-corrected chi connectivity index (χ0v) is 16.5. The van der Waals surface area contributed by atoms with Gasteiger partial charge in [0.05, 0.1) is 5.69 Å². The molecular weight excluding hydrogens is 362 g/mol. The molecule has 0 radical (unpaired) electrons. The number of nitrogens with one attached hydrogen (secondary N) is 1. The van der Waals surface area contributed by atoms with E-state index in [0.717, 1.165) is 37.0 Å². The minimum atomic E-state index is -3.49. The fraction of sp³-hybridized carbons (Fsp3) is 0.625. The summed E-state index contributed by atoms with van der Waals surface area (Å²) in [7, 11) is -1.68. The summed E-state index contributed by atoms with van der Waals surface area (Å²) in [5.41, 5.74) is 1.50. The average Bonchev–Trinajstić information content (AvgIpc) is 2.87. The lowest BCUT2D eigenvalue weighted by atomic mass is 9.98. The molecule has 2 aromatic heterocycles. The highest BCUT2D eigenvalue weighted by Crippen LogP contribution is 2.25. The fourth-order valence-electron chi connectivity index (χ4n) is 3.28. The molecule has 0 atom stereocenters. The Hall–Kier alpha value is -1.22. The van der Waals surface area contributed by atoms with Gasteiger partial charge in [-0.1, -0.05) is 6.92 Å². The van der Waals surface area contributed by atoms with Crippen LogP contribution in [0.15, 0.2) is 17.2 Å². The normalized spacial score (nSPS) is 16.9. The van der Waals surface area contributed by atoms with Gasteiger partial charge in [-0.15, -0.1) is 12.4 Å². The van der Waals surface area contributed by atoms with Gasteiger partial charge in [-0.25, -0.2) is 13.4 Å². The number of nitrogens with zero attached hydrogens (tertiary/aromatic N) is 4. The second kappa shape index (κ2) is 7.99. The Balaban J connectivity index is 0.00000225. The number of pyridine rings is 1. The molecule has 3 rings (SSSR count). The summed E-state index contributed by atoms with van der Waals surface area (Å²) in [6.45, 7) is 7.02. The van der Waals surface area contributed by atoms with Gasteiger partial charge in [-0.3, -0.25) is 4.68 Å². The lowest BCUT2D eigenvalue weighted by Gasteiger charge is -2.31. The van der Waals surface area contributed by atoms with Crippen LogP contribution in [0.25, 0.3) is 11.0 Å². The van der Waals surface area contributed by atoms with Crippen molar-refractivity contribution in [1.29, 1.82) is 0 Å². The number of aryl methyl sites for hydroxylation is 2. The summed E-state index contributed by atoms with van der Waals surface area (Å²) in [4.78, 5) is 4.56. The average molecular weight is 388 g/mol. The molecule has 1 aliphatic heterocycles. The van der Waals surface area contributed by atoms with E-state index in [9.17, 15) is 8.42 Å². The second-order valence-corrected chi connectivity index (χ2v) is 8.34. The maximum absolute atomic E-state index is 12.9. The number of piperidine rings is 1. The predicted molar refractivity (Wildman–Crippen MR) is 101 cm³/mol. The Morgan fingerprint density at radius 1 is 1.32 bits per heavy atom. The summed E-state index contributed by atoms with van der Waals surface area (Å²) in [6, 6.07) is 1.70. The zero-order valence-electron chi connectivity index (χ0n) is 14.9. The Kier molecular flexibility index (Phi) is 6.42. The van der Waals surface area contributed by atoms with Crippen LogP contribution in [-0.4, -0.2) is 53.7 Å². The Morgan fingerprint density at radius 3 is 2.64 bits per heavy atom. The summed E-state index contributed by atoms with van der Waals surface area (Å²) in [5.74, 6) is 0.553. The van der Waals surface area contributed by atoms with E-state index in [0.29, 0.717) is 24.7 Å². The van der Waals surface area contributed by atoms with Crippen molar-refractivity contribution in [3.63, 3.8) is 0 Å². The first-order chi connectivity index (χ1) is 11.4. The van der Waals surface area contributed by atoms with E-state index in [-0.39, 0.29) is 17.3 Å². The monoisotopic (exact) mass is 387 g/mol. The SMILES string of the molecule is CCNCC1CCN(S(=O)(=O)c2cnc3c(c2)c(C)nn3C)CC1.Cl. The van der Waals surface area contributed by atoms with Crippen LogP contribution in [0.1, 0.15) is 25.5 Å². The van der Waals surface area contributed by atoms with E-state index in [4.69, 9.17) is 0 Å². The van der Waals surface area contributed by atoms with Crippen LogP contribution in [0.4, 0.5) is 0 Å². The van der Waals surface area contributed by atoms with Crippen molar-refractivity contribution >= 4 is 33.5 Å². The van der Waals surface area contributed by atoms with E-state index < -0.39 is 10.0 Å². The quantitative estimate of drug-likeness (QED) is 0.844. The molecule has 25 heavy (non-hydrogen) atoms. The number of halogens is 1. The second-order valence-electron chi connectivity index (χ2n) is 6.41. The number of hydrogen-bond acceptors (Lipinski definition) is 5. The van der Waals surface area contributed by atoms with Crippen LogP contribution in [0, 0.1) is 12.8 Å². The van der Waals surface area contributed by atoms with Crippen molar-refractivity contribution in [2.45, 2.75) is 31.6 Å². The van der Waals surface area contributed by atoms with Gasteiger partial charge in [-0.2, -0.15) is 9.40 Å². The molecule has 9 heteroatoms. The Morgan fingerprint density at radius 2 is 2.00 bits per heavy atom. The van der Waals surface area contributed by atoms with Gasteiger partial charge < -0.3 is 5.32 Å². The number of fused-ring (bicyclic) bond motifs is 1. The standard InChI is InChI=1S/C16H25N5O2S.ClH/c1-4-17-10-13-5-7-21(8-6-13)24(22,23)14-9-15-12(2)19-20(3)16(15)18-11-14;/h9,11,13,17H,4-8,10H2,1-3H3;1H.